The summed E-state index contributed by atoms with van der Waals surface area (Å²) in [5.74, 6) is 0. The molecular formula is C10H23N3. The van der Waals surface area contributed by atoms with Crippen LogP contribution in [0.3, 0.4) is 0 Å². The van der Waals surface area contributed by atoms with Crippen LogP contribution in [0.5, 0.6) is 0 Å². The van der Waals surface area contributed by atoms with Crippen molar-refractivity contribution in [2.24, 2.45) is 5.73 Å². The Morgan fingerprint density at radius 2 is 1.92 bits per heavy atom. The van der Waals surface area contributed by atoms with Gasteiger partial charge in [0.2, 0.25) is 0 Å². The van der Waals surface area contributed by atoms with Crippen LogP contribution in [0.4, 0.5) is 0 Å². The molecule has 3 heteroatoms. The summed E-state index contributed by atoms with van der Waals surface area (Å²) in [6.45, 7) is 11.1. The van der Waals surface area contributed by atoms with Crippen LogP contribution in [0.25, 0.3) is 0 Å². The highest BCUT2D eigenvalue weighted by atomic mass is 15.2. The quantitative estimate of drug-likeness (QED) is 0.669. The third kappa shape index (κ3) is 2.42. The Balaban J connectivity index is 2.55. The summed E-state index contributed by atoms with van der Waals surface area (Å²) >= 11 is 0. The van der Waals surface area contributed by atoms with E-state index in [0.29, 0.717) is 0 Å². The number of nitrogens with zero attached hydrogens (tertiary/aromatic N) is 1. The number of piperazine rings is 1. The molecule has 3 nitrogen and oxygen atoms in total. The van der Waals surface area contributed by atoms with Gasteiger partial charge in [-0.3, -0.25) is 4.90 Å². The Bertz CT molecular complexity index is 150. The minimum absolute atomic E-state index is 0.150. The van der Waals surface area contributed by atoms with E-state index in [4.69, 9.17) is 5.73 Å². The topological polar surface area (TPSA) is 41.3 Å². The molecule has 1 fully saturated rings. The molecule has 13 heavy (non-hydrogen) atoms. The average Bonchev–Trinajstić information content (AvgIpc) is 2.18. The van der Waals surface area contributed by atoms with Crippen molar-refractivity contribution < 1.29 is 0 Å². The van der Waals surface area contributed by atoms with Crippen LogP contribution in [0.15, 0.2) is 0 Å². The second kappa shape index (κ2) is 4.40. The van der Waals surface area contributed by atoms with E-state index in [1.54, 1.807) is 0 Å². The fourth-order valence-corrected chi connectivity index (χ4v) is 1.98. The summed E-state index contributed by atoms with van der Waals surface area (Å²) in [6, 6.07) is 0.283. The minimum atomic E-state index is 0.150. The summed E-state index contributed by atoms with van der Waals surface area (Å²) in [5.41, 5.74) is 6.27. The van der Waals surface area contributed by atoms with Crippen molar-refractivity contribution in [1.29, 1.82) is 0 Å². The van der Waals surface area contributed by atoms with Crippen LogP contribution < -0.4 is 11.1 Å². The lowest BCUT2D eigenvalue weighted by atomic mass is 9.90. The fourth-order valence-electron chi connectivity index (χ4n) is 1.98. The molecule has 0 radical (unpaired) electrons. The van der Waals surface area contributed by atoms with Crippen molar-refractivity contribution in [1.82, 2.24) is 10.2 Å². The molecule has 1 aliphatic rings. The zero-order valence-electron chi connectivity index (χ0n) is 9.14. The van der Waals surface area contributed by atoms with Gasteiger partial charge in [0, 0.05) is 37.8 Å². The largest absolute Gasteiger partial charge is 0.326 e. The van der Waals surface area contributed by atoms with Crippen molar-refractivity contribution in [3.05, 3.63) is 0 Å². The van der Waals surface area contributed by atoms with E-state index in [1.807, 2.05) is 0 Å². The molecule has 1 aliphatic heterocycles. The lowest BCUT2D eigenvalue weighted by molar-refractivity contribution is 0.0790. The Morgan fingerprint density at radius 1 is 1.38 bits per heavy atom. The first kappa shape index (κ1) is 11.0. The van der Waals surface area contributed by atoms with Crippen molar-refractivity contribution in [2.75, 3.05) is 26.2 Å². The van der Waals surface area contributed by atoms with E-state index in [9.17, 15) is 0 Å². The maximum atomic E-state index is 6.12. The molecule has 78 valence electrons. The summed E-state index contributed by atoms with van der Waals surface area (Å²) < 4.78 is 0. The van der Waals surface area contributed by atoms with Gasteiger partial charge in [-0.05, 0) is 20.3 Å². The molecule has 1 saturated heterocycles. The van der Waals surface area contributed by atoms with Gasteiger partial charge in [0.15, 0.2) is 0 Å². The lowest BCUT2D eigenvalue weighted by Gasteiger charge is -2.44. The van der Waals surface area contributed by atoms with Gasteiger partial charge in [0.1, 0.15) is 0 Å². The van der Waals surface area contributed by atoms with Crippen LogP contribution >= 0.6 is 0 Å². The van der Waals surface area contributed by atoms with E-state index >= 15 is 0 Å². The molecule has 1 rings (SSSR count). The molecule has 1 heterocycles. The minimum Gasteiger partial charge on any atom is -0.326 e. The highest BCUT2D eigenvalue weighted by Gasteiger charge is 2.32. The van der Waals surface area contributed by atoms with E-state index < -0.39 is 0 Å². The maximum absolute atomic E-state index is 6.12. The molecule has 0 bridgehead atoms. The molecule has 0 amide bonds. The van der Waals surface area contributed by atoms with E-state index in [0.717, 1.165) is 32.6 Å². The third-order valence-corrected chi connectivity index (χ3v) is 3.28. The molecule has 0 aliphatic carbocycles. The Hall–Kier alpha value is -0.120. The normalized spacial score (nSPS) is 23.1. The highest BCUT2D eigenvalue weighted by molar-refractivity contribution is 4.92. The molecule has 0 saturated carbocycles. The Kier molecular flexibility index (Phi) is 3.71. The van der Waals surface area contributed by atoms with Gasteiger partial charge < -0.3 is 11.1 Å². The Morgan fingerprint density at radius 3 is 2.38 bits per heavy atom. The number of rotatable bonds is 3. The zero-order chi connectivity index (χ0) is 9.90. The summed E-state index contributed by atoms with van der Waals surface area (Å²) in [4.78, 5) is 2.50. The van der Waals surface area contributed by atoms with Gasteiger partial charge in [-0.15, -0.1) is 0 Å². The van der Waals surface area contributed by atoms with Crippen molar-refractivity contribution >= 4 is 0 Å². The summed E-state index contributed by atoms with van der Waals surface area (Å²) in [5, 5.41) is 3.36. The lowest BCUT2D eigenvalue weighted by Crippen LogP contribution is -2.60. The first-order valence-corrected chi connectivity index (χ1v) is 5.30. The van der Waals surface area contributed by atoms with Gasteiger partial charge in [0.25, 0.3) is 0 Å². The molecule has 0 spiro atoms. The van der Waals surface area contributed by atoms with Crippen molar-refractivity contribution in [3.8, 4) is 0 Å². The number of nitrogens with two attached hydrogens (primary N) is 1. The summed E-state index contributed by atoms with van der Waals surface area (Å²) in [6.07, 6.45) is 1.05. The molecule has 0 aromatic heterocycles. The zero-order valence-corrected chi connectivity index (χ0v) is 9.14. The van der Waals surface area contributed by atoms with Crippen molar-refractivity contribution in [3.63, 3.8) is 0 Å². The predicted molar refractivity (Wildman–Crippen MR) is 56.8 cm³/mol. The summed E-state index contributed by atoms with van der Waals surface area (Å²) in [7, 11) is 0. The third-order valence-electron chi connectivity index (χ3n) is 3.28. The van der Waals surface area contributed by atoms with Gasteiger partial charge in [0.05, 0.1) is 0 Å². The second-order valence-electron chi connectivity index (χ2n) is 4.41. The average molecular weight is 185 g/mol. The second-order valence-corrected chi connectivity index (χ2v) is 4.41. The molecule has 0 aromatic rings. The van der Waals surface area contributed by atoms with E-state index in [1.165, 1.54) is 0 Å². The SMILES string of the molecule is CCC(N)C(C)(C)N1CCNCC1. The smallest absolute Gasteiger partial charge is 0.0305 e. The monoisotopic (exact) mass is 185 g/mol. The molecule has 3 N–H and O–H groups in total. The standard InChI is InChI=1S/C10H23N3/c1-4-9(11)10(2,3)13-7-5-12-6-8-13/h9,12H,4-8,11H2,1-3H3. The van der Waals surface area contributed by atoms with Crippen LogP contribution in [0.2, 0.25) is 0 Å². The molecule has 1 unspecified atom stereocenters. The number of hydrogen-bond donors (Lipinski definition) is 2. The first-order chi connectivity index (χ1) is 6.09. The molecular weight excluding hydrogens is 162 g/mol. The van der Waals surface area contributed by atoms with Gasteiger partial charge in [-0.25, -0.2) is 0 Å². The van der Waals surface area contributed by atoms with Crippen LogP contribution in [-0.2, 0) is 0 Å². The van der Waals surface area contributed by atoms with E-state index in [2.05, 4.69) is 31.0 Å². The van der Waals surface area contributed by atoms with Gasteiger partial charge in [-0.2, -0.15) is 0 Å². The van der Waals surface area contributed by atoms with Gasteiger partial charge in [-0.1, -0.05) is 6.92 Å². The van der Waals surface area contributed by atoms with Crippen LogP contribution in [0, 0.1) is 0 Å². The first-order valence-electron chi connectivity index (χ1n) is 5.30. The fraction of sp³-hybridized carbons (Fsp3) is 1.00. The highest BCUT2D eigenvalue weighted by Crippen LogP contribution is 2.19. The number of hydrogen-bond acceptors (Lipinski definition) is 3. The predicted octanol–water partition coefficient (Wildman–Crippen LogP) is 0.408. The van der Waals surface area contributed by atoms with Crippen molar-refractivity contribution in [2.45, 2.75) is 38.8 Å². The molecule has 1 atom stereocenters. The van der Waals surface area contributed by atoms with Crippen LogP contribution in [-0.4, -0.2) is 42.7 Å². The molecule has 0 aromatic carbocycles. The maximum Gasteiger partial charge on any atom is 0.0305 e. The van der Waals surface area contributed by atoms with Crippen LogP contribution in [0.1, 0.15) is 27.2 Å². The van der Waals surface area contributed by atoms with Gasteiger partial charge >= 0.3 is 0 Å². The van der Waals surface area contributed by atoms with E-state index in [-0.39, 0.29) is 11.6 Å². The Labute approximate surface area is 81.7 Å². The number of nitrogens with one attached hydrogen (secondary N) is 1.